The average molecular weight is 1540 g/mol. The summed E-state index contributed by atoms with van der Waals surface area (Å²) in [6.07, 6.45) is 8.13. The highest BCUT2D eigenvalue weighted by Crippen LogP contribution is 2.34. The number of piperidine rings is 3. The van der Waals surface area contributed by atoms with Crippen molar-refractivity contribution in [2.45, 2.75) is 95.7 Å². The molecule has 6 aromatic carbocycles. The second-order valence-corrected chi connectivity index (χ2v) is 27.6. The van der Waals surface area contributed by atoms with Crippen molar-refractivity contribution in [3.63, 3.8) is 0 Å². The lowest BCUT2D eigenvalue weighted by Gasteiger charge is -2.30. The van der Waals surface area contributed by atoms with Gasteiger partial charge in [-0.05, 0) is 150 Å². The first-order valence-electron chi connectivity index (χ1n) is 36.3. The molecule has 6 fully saturated rings. The fourth-order valence-corrected chi connectivity index (χ4v) is 14.3. The number of halogens is 3. The van der Waals surface area contributed by atoms with Crippen LogP contribution in [0.4, 0.5) is 47.7 Å². The minimum Gasteiger partial charge on any atom is -0.391 e. The van der Waals surface area contributed by atoms with E-state index in [0.29, 0.717) is 165 Å². The van der Waals surface area contributed by atoms with E-state index >= 15 is 0 Å². The third-order valence-corrected chi connectivity index (χ3v) is 19.8. The number of nitrogens with one attached hydrogen (secondary N) is 3. The number of nitrogens with zero attached hydrogens (tertiary/aromatic N) is 12. The van der Waals surface area contributed by atoms with Crippen molar-refractivity contribution in [3.05, 3.63) is 179 Å². The molecule has 0 bridgehead atoms. The zero-order valence-electron chi connectivity index (χ0n) is 60.9. The molecule has 6 N–H and O–H groups in total. The largest absolute Gasteiger partial charge is 0.391 e. The Balaban J connectivity index is 0.000000170. The Kier molecular flexibility index (Phi) is 28.7. The van der Waals surface area contributed by atoms with Crippen LogP contribution in [0.1, 0.15) is 125 Å². The number of aromatic nitrogens is 6. The van der Waals surface area contributed by atoms with E-state index in [1.165, 1.54) is 36.4 Å². The van der Waals surface area contributed by atoms with Crippen molar-refractivity contribution in [2.75, 3.05) is 149 Å². The van der Waals surface area contributed by atoms with Crippen molar-refractivity contribution in [2.24, 2.45) is 0 Å². The highest BCUT2D eigenvalue weighted by Gasteiger charge is 2.30. The molecule has 3 aromatic heterocycles. The zero-order chi connectivity index (χ0) is 73.1. The van der Waals surface area contributed by atoms with Crippen LogP contribution in [0.3, 0.4) is 0 Å². The van der Waals surface area contributed by atoms with Gasteiger partial charge in [-0.1, -0.05) is 18.2 Å². The van der Waals surface area contributed by atoms with Crippen molar-refractivity contribution in [1.29, 1.82) is 0 Å². The van der Waals surface area contributed by atoms with Gasteiger partial charge in [-0.2, -0.15) is 40.5 Å². The first-order valence-corrected chi connectivity index (χ1v) is 36.3. The maximum Gasteiger partial charge on any atom is 0.254 e. The van der Waals surface area contributed by atoms with Crippen molar-refractivity contribution < 1.29 is 57.1 Å². The molecule has 0 saturated carbocycles. The SMILES string of the molecule is CC(Nc1cccc(F)c1)c1cc(C(=O)N2CCC[C@H](O)C2)cc2ncc(N3CCOCC3)nc12.CC(Nc1cccc(F)c1)c1cc(C(=O)N2CCC[C@H](O)C2)cc2ncc(N3CCOCC3)nc12.CC(Nc1cccc(F)c1)c1cc(C(=O)N2CCC[C@H](O)C2)cc2ncc(N3CCOCC3)nc12.S.S.S. The number of anilines is 6. The van der Waals surface area contributed by atoms with Gasteiger partial charge in [-0.25, -0.2) is 28.1 Å². The number of β-amino-alcohol motifs (C(OH)–C–C–N with tert-alkyl or cyclic N) is 3. The number of morpholine rings is 3. The topological polar surface area (TPSA) is 272 Å². The van der Waals surface area contributed by atoms with Gasteiger partial charge in [0, 0.05) is 129 Å². The molecular formula is C78H96F3N15O9S3. The molecule has 3 amide bonds. The number of carbonyl (C=O) groups is 3. The summed E-state index contributed by atoms with van der Waals surface area (Å²) in [6, 6.07) is 28.9. The standard InChI is InChI=1S/3C26H30FN5O3.3H2S/c3*1-17(29-20-5-2-4-19(27)14-20)22-12-18(26(34)32-7-3-6-21(33)16-32)13-23-25(22)30-24(15-28-23)31-8-10-35-11-9-31;;;/h3*2,4-5,12-15,17,21,29,33H,3,6-11,16H2,1H3;3*1H2/t3*17?,21-;;;/m000.../s1. The average Bonchev–Trinajstić information content (AvgIpc) is 0.784. The Morgan fingerprint density at radius 2 is 0.676 bits per heavy atom. The third kappa shape index (κ3) is 20.3. The number of likely N-dealkylation sites (tertiary alicyclic amines) is 3. The number of fused-ring (bicyclic) bond motifs is 3. The van der Waals surface area contributed by atoms with Crippen LogP contribution in [0.5, 0.6) is 0 Å². The molecule has 15 rings (SSSR count). The quantitative estimate of drug-likeness (QED) is 0.0557. The summed E-state index contributed by atoms with van der Waals surface area (Å²) >= 11 is 0. The molecule has 9 aromatic rings. The lowest BCUT2D eigenvalue weighted by Crippen LogP contribution is -2.42. The van der Waals surface area contributed by atoms with Crippen molar-refractivity contribution in [1.82, 2.24) is 44.6 Å². The molecule has 6 saturated heterocycles. The lowest BCUT2D eigenvalue weighted by atomic mass is 10.00. The normalized spacial score (nSPS) is 19.0. The van der Waals surface area contributed by atoms with Crippen LogP contribution in [0.2, 0.25) is 0 Å². The molecule has 0 radical (unpaired) electrons. The number of carbonyl (C=O) groups excluding carboxylic acids is 3. The van der Waals surface area contributed by atoms with E-state index in [0.717, 1.165) is 92.7 Å². The summed E-state index contributed by atoms with van der Waals surface area (Å²) in [4.78, 5) is 80.4. The van der Waals surface area contributed by atoms with Crippen LogP contribution in [0.15, 0.2) is 128 Å². The monoisotopic (exact) mass is 1540 g/mol. The summed E-state index contributed by atoms with van der Waals surface area (Å²) in [5.41, 5.74) is 9.77. The summed E-state index contributed by atoms with van der Waals surface area (Å²) in [5.74, 6) is 0.906. The molecule has 108 heavy (non-hydrogen) atoms. The van der Waals surface area contributed by atoms with Gasteiger partial charge in [-0.15, -0.1) is 0 Å². The van der Waals surface area contributed by atoms with E-state index in [4.69, 9.17) is 29.2 Å². The molecule has 30 heteroatoms. The van der Waals surface area contributed by atoms with Crippen LogP contribution in [-0.2, 0) is 14.2 Å². The van der Waals surface area contributed by atoms with Gasteiger partial charge in [-0.3, -0.25) is 29.3 Å². The fourth-order valence-electron chi connectivity index (χ4n) is 14.3. The van der Waals surface area contributed by atoms with E-state index in [9.17, 15) is 42.9 Å². The van der Waals surface area contributed by atoms with E-state index in [-0.39, 0.29) is 93.8 Å². The Bertz CT molecular complexity index is 4120. The summed E-state index contributed by atoms with van der Waals surface area (Å²) < 4.78 is 57.8. The number of aliphatic hydroxyl groups is 3. The van der Waals surface area contributed by atoms with Gasteiger partial charge in [0.05, 0.1) is 128 Å². The first kappa shape index (κ1) is 81.7. The Morgan fingerprint density at radius 1 is 0.407 bits per heavy atom. The summed E-state index contributed by atoms with van der Waals surface area (Å²) in [7, 11) is 0. The smallest absolute Gasteiger partial charge is 0.254 e. The number of amides is 3. The minimum absolute atomic E-state index is 0. The summed E-state index contributed by atoms with van der Waals surface area (Å²) in [6.45, 7) is 16.9. The molecule has 9 heterocycles. The Hall–Kier alpha value is -8.85. The zero-order valence-corrected chi connectivity index (χ0v) is 63.9. The van der Waals surface area contributed by atoms with Gasteiger partial charge >= 0.3 is 0 Å². The number of aliphatic hydroxyl groups excluding tert-OH is 3. The van der Waals surface area contributed by atoms with Crippen LogP contribution >= 0.6 is 40.5 Å². The Labute approximate surface area is 647 Å². The molecule has 576 valence electrons. The predicted molar refractivity (Wildman–Crippen MR) is 428 cm³/mol. The second kappa shape index (κ2) is 38.0. The van der Waals surface area contributed by atoms with E-state index < -0.39 is 18.3 Å². The van der Waals surface area contributed by atoms with Gasteiger partial charge in [0.1, 0.15) is 34.9 Å². The maximum absolute atomic E-state index is 13.8. The van der Waals surface area contributed by atoms with Crippen molar-refractivity contribution in [3.8, 4) is 0 Å². The molecule has 6 aliphatic rings. The van der Waals surface area contributed by atoms with Crippen LogP contribution in [0, 0.1) is 17.5 Å². The van der Waals surface area contributed by atoms with E-state index in [2.05, 4.69) is 45.6 Å². The highest BCUT2D eigenvalue weighted by molar-refractivity contribution is 7.59. The Morgan fingerprint density at radius 3 is 0.926 bits per heavy atom. The lowest BCUT2D eigenvalue weighted by molar-refractivity contribution is 0.0472. The molecule has 3 unspecified atom stereocenters. The van der Waals surface area contributed by atoms with Gasteiger partial charge in [0.15, 0.2) is 0 Å². The van der Waals surface area contributed by atoms with Gasteiger partial charge in [0.2, 0.25) is 0 Å². The number of rotatable bonds is 15. The maximum atomic E-state index is 13.8. The fraction of sp³-hybridized carbons (Fsp3) is 0.423. The molecule has 0 spiro atoms. The number of ether oxygens (including phenoxy) is 3. The van der Waals surface area contributed by atoms with Crippen LogP contribution in [-0.4, -0.2) is 214 Å². The third-order valence-electron chi connectivity index (χ3n) is 19.8. The number of benzene rings is 6. The first-order chi connectivity index (χ1) is 50.9. The molecule has 6 atom stereocenters. The van der Waals surface area contributed by atoms with Crippen molar-refractivity contribution >= 4 is 126 Å². The number of hydrogen-bond donors (Lipinski definition) is 6. The molecule has 6 aliphatic heterocycles. The van der Waals surface area contributed by atoms with E-state index in [1.807, 2.05) is 39.0 Å². The van der Waals surface area contributed by atoms with E-state index in [1.54, 1.807) is 87.9 Å². The minimum atomic E-state index is -0.503. The summed E-state index contributed by atoms with van der Waals surface area (Å²) in [5, 5.41) is 40.2. The molecule has 0 aliphatic carbocycles. The van der Waals surface area contributed by atoms with Gasteiger partial charge in [0.25, 0.3) is 17.7 Å². The number of hydrogen-bond acceptors (Lipinski definition) is 21. The predicted octanol–water partition coefficient (Wildman–Crippen LogP) is 10.5. The molecule has 24 nitrogen and oxygen atoms in total. The molecular weight excluding hydrogens is 1440 g/mol. The van der Waals surface area contributed by atoms with Gasteiger partial charge < -0.3 is 74.9 Å². The second-order valence-electron chi connectivity index (χ2n) is 27.6. The van der Waals surface area contributed by atoms with Crippen LogP contribution in [0.25, 0.3) is 33.1 Å². The highest BCUT2D eigenvalue weighted by atomic mass is 32.1. The van der Waals surface area contributed by atoms with Crippen LogP contribution < -0.4 is 30.7 Å².